The van der Waals surface area contributed by atoms with Crippen LogP contribution in [0.5, 0.6) is 5.75 Å². The van der Waals surface area contributed by atoms with Crippen molar-refractivity contribution in [2.45, 2.75) is 32.7 Å². The average molecular weight is 529 g/mol. The van der Waals surface area contributed by atoms with E-state index in [1.54, 1.807) is 13.2 Å². The molecule has 0 N–H and O–H groups in total. The second-order valence-corrected chi connectivity index (χ2v) is 10.6. The van der Waals surface area contributed by atoms with Crippen molar-refractivity contribution in [2.75, 3.05) is 19.6 Å². The Morgan fingerprint density at radius 1 is 1.19 bits per heavy atom. The smallest absolute Gasteiger partial charge is 0.331 e. The topological polar surface area (TPSA) is 69.4 Å². The molecule has 4 heterocycles. The molecule has 0 radical (unpaired) electrons. The molecule has 1 fully saturated rings. The van der Waals surface area contributed by atoms with E-state index in [-0.39, 0.29) is 17.8 Å². The van der Waals surface area contributed by atoms with E-state index in [2.05, 4.69) is 4.98 Å². The van der Waals surface area contributed by atoms with Gasteiger partial charge >= 0.3 is 5.69 Å². The van der Waals surface area contributed by atoms with Crippen LogP contribution in [0.2, 0.25) is 5.02 Å². The fourth-order valence-electron chi connectivity index (χ4n) is 4.61. The molecule has 7 nitrogen and oxygen atoms in total. The van der Waals surface area contributed by atoms with Gasteiger partial charge in [-0.15, -0.1) is 11.3 Å². The van der Waals surface area contributed by atoms with Gasteiger partial charge in [-0.2, -0.15) is 0 Å². The van der Waals surface area contributed by atoms with Crippen molar-refractivity contribution in [2.24, 2.45) is 7.05 Å². The molecular formula is C26H26ClFN4O3S. The van der Waals surface area contributed by atoms with Gasteiger partial charge in [0, 0.05) is 59.6 Å². The van der Waals surface area contributed by atoms with Crippen LogP contribution >= 0.6 is 22.9 Å². The predicted octanol–water partition coefficient (Wildman–Crippen LogP) is 4.25. The lowest BCUT2D eigenvalue weighted by atomic mass is 10.0. The Balaban J connectivity index is 1.58. The Hall–Kier alpha value is -3.01. The van der Waals surface area contributed by atoms with Crippen molar-refractivity contribution in [3.05, 3.63) is 79.0 Å². The molecule has 0 aliphatic carbocycles. The first-order chi connectivity index (χ1) is 17.2. The van der Waals surface area contributed by atoms with Crippen molar-refractivity contribution in [1.82, 2.24) is 19.0 Å². The minimum atomic E-state index is -1.08. The van der Waals surface area contributed by atoms with E-state index in [1.807, 2.05) is 43.0 Å². The molecule has 1 saturated heterocycles. The standard InChI is InChI=1S/C26H26ClFN4O3S/c1-4-31-13-20(28)22(14-31)35-24-15(2)9-16(27)10-19(24)18-5-7-29-21-11-17(36-25(18)21)12-32-23(33)6-8-30(3)26(32)34/h5-11,20,22H,4,12-14H2,1-3H3/t20-,22+/m0/s1. The minimum Gasteiger partial charge on any atom is -0.485 e. The van der Waals surface area contributed by atoms with Crippen LogP contribution in [0, 0.1) is 6.92 Å². The molecule has 0 saturated carbocycles. The molecule has 0 bridgehead atoms. The molecule has 5 rings (SSSR count). The number of fused-ring (bicyclic) bond motifs is 1. The molecule has 2 atom stereocenters. The number of rotatable bonds is 6. The molecule has 1 aliphatic heterocycles. The van der Waals surface area contributed by atoms with Crippen molar-refractivity contribution < 1.29 is 9.13 Å². The van der Waals surface area contributed by atoms with Gasteiger partial charge in [0.25, 0.3) is 5.56 Å². The van der Waals surface area contributed by atoms with Gasteiger partial charge in [0.05, 0.1) is 16.8 Å². The largest absolute Gasteiger partial charge is 0.485 e. The van der Waals surface area contributed by atoms with E-state index in [0.29, 0.717) is 23.9 Å². The summed E-state index contributed by atoms with van der Waals surface area (Å²) in [6.45, 7) is 5.70. The number of hydrogen-bond donors (Lipinski definition) is 0. The highest BCUT2D eigenvalue weighted by Gasteiger charge is 2.34. The van der Waals surface area contributed by atoms with Crippen molar-refractivity contribution in [3.8, 4) is 16.9 Å². The SMILES string of the molecule is CCN1C[C@H](F)[C@H](Oc2c(C)cc(Cl)cc2-c2ccnc3cc(Cn4c(=O)ccn(C)c4=O)sc23)C1. The number of alkyl halides is 1. The second kappa shape index (κ2) is 9.80. The molecule has 0 spiro atoms. The lowest BCUT2D eigenvalue weighted by Gasteiger charge is -2.21. The molecule has 10 heteroatoms. The monoisotopic (exact) mass is 528 g/mol. The van der Waals surface area contributed by atoms with Gasteiger partial charge in [0.1, 0.15) is 11.9 Å². The summed E-state index contributed by atoms with van der Waals surface area (Å²) in [5.41, 5.74) is 2.43. The van der Waals surface area contributed by atoms with Crippen molar-refractivity contribution in [3.63, 3.8) is 0 Å². The van der Waals surface area contributed by atoms with Gasteiger partial charge in [0.15, 0.2) is 6.17 Å². The van der Waals surface area contributed by atoms with E-state index in [4.69, 9.17) is 16.3 Å². The van der Waals surface area contributed by atoms with Crippen LogP contribution in [0.15, 0.2) is 52.3 Å². The van der Waals surface area contributed by atoms with Crippen LogP contribution < -0.4 is 16.0 Å². The average Bonchev–Trinajstić information content (AvgIpc) is 3.43. The Labute approximate surface area is 216 Å². The maximum absolute atomic E-state index is 14.8. The summed E-state index contributed by atoms with van der Waals surface area (Å²) in [6, 6.07) is 8.78. The first-order valence-electron chi connectivity index (χ1n) is 11.7. The first kappa shape index (κ1) is 24.7. The predicted molar refractivity (Wildman–Crippen MR) is 141 cm³/mol. The third-order valence-corrected chi connectivity index (χ3v) is 7.90. The van der Waals surface area contributed by atoms with Gasteiger partial charge in [-0.1, -0.05) is 18.5 Å². The molecule has 3 aromatic heterocycles. The van der Waals surface area contributed by atoms with E-state index < -0.39 is 12.3 Å². The van der Waals surface area contributed by atoms with E-state index >= 15 is 0 Å². The van der Waals surface area contributed by atoms with Gasteiger partial charge in [-0.3, -0.25) is 19.2 Å². The number of benzene rings is 1. The fraction of sp³-hybridized carbons (Fsp3) is 0.346. The maximum Gasteiger partial charge on any atom is 0.331 e. The quantitative estimate of drug-likeness (QED) is 0.374. The molecular weight excluding hydrogens is 503 g/mol. The first-order valence-corrected chi connectivity index (χ1v) is 12.9. The number of pyridine rings is 1. The maximum atomic E-state index is 14.8. The van der Waals surface area contributed by atoms with Crippen LogP contribution in [0.4, 0.5) is 4.39 Å². The summed E-state index contributed by atoms with van der Waals surface area (Å²) < 4.78 is 24.5. The van der Waals surface area contributed by atoms with E-state index in [1.165, 1.54) is 32.7 Å². The summed E-state index contributed by atoms with van der Waals surface area (Å²) in [7, 11) is 1.61. The zero-order chi connectivity index (χ0) is 25.6. The Morgan fingerprint density at radius 2 is 2.00 bits per heavy atom. The normalized spacial score (nSPS) is 18.2. The number of likely N-dealkylation sites (tertiary alicyclic amines) is 1. The van der Waals surface area contributed by atoms with Crippen molar-refractivity contribution in [1.29, 1.82) is 0 Å². The Kier molecular flexibility index (Phi) is 6.72. The number of thiophene rings is 1. The molecule has 0 amide bonds. The fourth-order valence-corrected chi connectivity index (χ4v) is 6.01. The molecule has 1 aliphatic rings. The lowest BCUT2D eigenvalue weighted by Crippen LogP contribution is -2.37. The number of ether oxygens (including phenoxy) is 1. The van der Waals surface area contributed by atoms with Crippen molar-refractivity contribution >= 4 is 33.2 Å². The number of aryl methyl sites for hydroxylation is 2. The van der Waals surface area contributed by atoms with Gasteiger partial charge < -0.3 is 9.30 Å². The van der Waals surface area contributed by atoms with Crippen LogP contribution in [0.25, 0.3) is 21.3 Å². The van der Waals surface area contributed by atoms with Crippen LogP contribution in [0.1, 0.15) is 17.4 Å². The number of halogens is 2. The summed E-state index contributed by atoms with van der Waals surface area (Å²) in [5.74, 6) is 0.598. The van der Waals surface area contributed by atoms with Crippen LogP contribution in [-0.4, -0.2) is 50.9 Å². The van der Waals surface area contributed by atoms with Gasteiger partial charge in [-0.05, 0) is 43.3 Å². The zero-order valence-electron chi connectivity index (χ0n) is 20.2. The molecule has 1 aromatic carbocycles. The lowest BCUT2D eigenvalue weighted by molar-refractivity contribution is 0.138. The number of nitrogens with zero attached hydrogens (tertiary/aromatic N) is 4. The number of aromatic nitrogens is 3. The second-order valence-electron chi connectivity index (χ2n) is 9.04. The highest BCUT2D eigenvalue weighted by atomic mass is 35.5. The molecule has 188 valence electrons. The van der Waals surface area contributed by atoms with Gasteiger partial charge in [0.2, 0.25) is 0 Å². The van der Waals surface area contributed by atoms with Crippen LogP contribution in [0.3, 0.4) is 0 Å². The van der Waals surface area contributed by atoms with E-state index in [9.17, 15) is 14.0 Å². The Morgan fingerprint density at radius 3 is 2.75 bits per heavy atom. The summed E-state index contributed by atoms with van der Waals surface area (Å²) >= 11 is 7.90. The Bertz CT molecular complexity index is 1560. The number of hydrogen-bond acceptors (Lipinski definition) is 6. The summed E-state index contributed by atoms with van der Waals surface area (Å²) in [6.07, 6.45) is 1.51. The number of likely N-dealkylation sites (N-methyl/N-ethyl adjacent to an activating group) is 1. The van der Waals surface area contributed by atoms with E-state index in [0.717, 1.165) is 38.3 Å². The van der Waals surface area contributed by atoms with Crippen LogP contribution in [-0.2, 0) is 13.6 Å². The minimum absolute atomic E-state index is 0.142. The third-order valence-electron chi connectivity index (χ3n) is 6.54. The van der Waals surface area contributed by atoms with Gasteiger partial charge in [-0.25, -0.2) is 9.18 Å². The highest BCUT2D eigenvalue weighted by Crippen LogP contribution is 2.42. The highest BCUT2D eigenvalue weighted by molar-refractivity contribution is 7.19. The molecule has 4 aromatic rings. The third kappa shape index (κ3) is 4.58. The molecule has 0 unspecified atom stereocenters. The summed E-state index contributed by atoms with van der Waals surface area (Å²) in [5, 5.41) is 0.550. The summed E-state index contributed by atoms with van der Waals surface area (Å²) in [4.78, 5) is 32.2. The zero-order valence-corrected chi connectivity index (χ0v) is 21.8. The molecule has 36 heavy (non-hydrogen) atoms.